The van der Waals surface area contributed by atoms with E-state index >= 15 is 0 Å². The molecule has 2 atom stereocenters. The van der Waals surface area contributed by atoms with Crippen LogP contribution in [0.3, 0.4) is 0 Å². The number of hydrogen-bond donors (Lipinski definition) is 2. The van der Waals surface area contributed by atoms with Crippen molar-refractivity contribution in [3.8, 4) is 0 Å². The Morgan fingerprint density at radius 1 is 1.14 bits per heavy atom. The van der Waals surface area contributed by atoms with Gasteiger partial charge in [0.1, 0.15) is 0 Å². The summed E-state index contributed by atoms with van der Waals surface area (Å²) in [6, 6.07) is 0. The summed E-state index contributed by atoms with van der Waals surface area (Å²) < 4.78 is 9.97. The lowest BCUT2D eigenvalue weighted by Crippen LogP contribution is -2.29. The second kappa shape index (κ2) is 5.74. The summed E-state index contributed by atoms with van der Waals surface area (Å²) in [4.78, 5) is 17.9. The molecule has 1 aliphatic rings. The first kappa shape index (κ1) is 12.8. The molecule has 1 aliphatic carbocycles. The quantitative estimate of drug-likeness (QED) is 0.612. The second-order valence-electron chi connectivity index (χ2n) is 2.44. The molecule has 2 unspecified atom stereocenters. The van der Waals surface area contributed by atoms with E-state index in [-0.39, 0.29) is 0 Å². The molecule has 0 aliphatic heterocycles. The molecule has 0 radical (unpaired) electrons. The second-order valence-corrected chi connectivity index (χ2v) is 5.44. The molecule has 0 aromatic rings. The van der Waals surface area contributed by atoms with Crippen molar-refractivity contribution in [3.05, 3.63) is 24.3 Å². The van der Waals surface area contributed by atoms with E-state index in [0.717, 1.165) is 0 Å². The first-order chi connectivity index (χ1) is 6.54. The molecule has 0 amide bonds. The number of halogens is 2. The topological polar surface area (TPSA) is 58.9 Å². The zero-order valence-corrected chi connectivity index (χ0v) is 10.2. The number of rotatable bonds is 4. The van der Waals surface area contributed by atoms with Gasteiger partial charge in [-0.05, 0) is 28.6 Å². The SMILES string of the molecule is OP(Cl)OC1(OP(O)Cl)C=CC=CC1. The first-order valence-corrected chi connectivity index (χ1v) is 7.80. The van der Waals surface area contributed by atoms with Crippen LogP contribution in [0.1, 0.15) is 6.42 Å². The molecular formula is C6H8Cl2O4P2. The predicted molar refractivity (Wildman–Crippen MR) is 57.8 cm³/mol. The summed E-state index contributed by atoms with van der Waals surface area (Å²) in [5.41, 5.74) is 0. The standard InChI is InChI=1S/C6H8Cl2O4P2/c7-13(9)11-6(12-14(8)10)4-2-1-3-5-6/h1-4,9-10H,5H2. The molecule has 2 N–H and O–H groups in total. The molecule has 0 aromatic carbocycles. The van der Waals surface area contributed by atoms with E-state index in [9.17, 15) is 0 Å². The van der Waals surface area contributed by atoms with Gasteiger partial charge in [-0.25, -0.2) is 0 Å². The van der Waals surface area contributed by atoms with Gasteiger partial charge in [-0.15, -0.1) is 0 Å². The first-order valence-electron chi connectivity index (χ1n) is 3.56. The van der Waals surface area contributed by atoms with Gasteiger partial charge in [0.15, 0.2) is 0 Å². The van der Waals surface area contributed by atoms with Crippen LogP contribution in [0.4, 0.5) is 0 Å². The van der Waals surface area contributed by atoms with E-state index in [0.29, 0.717) is 6.42 Å². The fourth-order valence-electron chi connectivity index (χ4n) is 0.988. The van der Waals surface area contributed by atoms with E-state index in [1.54, 1.807) is 18.2 Å². The van der Waals surface area contributed by atoms with Crippen LogP contribution < -0.4 is 0 Å². The summed E-state index contributed by atoms with van der Waals surface area (Å²) in [5, 5.41) is 0. The molecule has 8 heteroatoms. The highest BCUT2D eigenvalue weighted by Gasteiger charge is 2.34. The van der Waals surface area contributed by atoms with Crippen molar-refractivity contribution in [2.24, 2.45) is 0 Å². The summed E-state index contributed by atoms with van der Waals surface area (Å²) >= 11 is 10.7. The molecule has 0 fully saturated rings. The highest BCUT2D eigenvalue weighted by molar-refractivity contribution is 7.75. The van der Waals surface area contributed by atoms with Gasteiger partial charge in [-0.3, -0.25) is 9.05 Å². The van der Waals surface area contributed by atoms with Crippen LogP contribution in [0.5, 0.6) is 0 Å². The predicted octanol–water partition coefficient (Wildman–Crippen LogP) is 3.15. The Morgan fingerprint density at radius 3 is 2.07 bits per heavy atom. The van der Waals surface area contributed by atoms with Crippen molar-refractivity contribution in [2.75, 3.05) is 0 Å². The summed E-state index contributed by atoms with van der Waals surface area (Å²) in [6.45, 7) is 0. The number of hydrogen-bond acceptors (Lipinski definition) is 4. The van der Waals surface area contributed by atoms with E-state index in [1.807, 2.05) is 0 Å². The van der Waals surface area contributed by atoms with Crippen LogP contribution in [-0.4, -0.2) is 15.6 Å². The van der Waals surface area contributed by atoms with Gasteiger partial charge in [-0.1, -0.05) is 18.2 Å². The van der Waals surface area contributed by atoms with E-state index in [1.165, 1.54) is 6.08 Å². The van der Waals surface area contributed by atoms with Crippen molar-refractivity contribution in [1.29, 1.82) is 0 Å². The van der Waals surface area contributed by atoms with Gasteiger partial charge in [-0.2, -0.15) is 0 Å². The van der Waals surface area contributed by atoms with Crippen molar-refractivity contribution < 1.29 is 18.8 Å². The Labute approximate surface area is 93.5 Å². The Bertz CT molecular complexity index is 234. The smallest absolute Gasteiger partial charge is 0.276 e. The van der Waals surface area contributed by atoms with E-state index < -0.39 is 21.2 Å². The van der Waals surface area contributed by atoms with Gasteiger partial charge in [0.05, 0.1) is 0 Å². The van der Waals surface area contributed by atoms with Crippen molar-refractivity contribution in [1.82, 2.24) is 0 Å². The molecule has 0 heterocycles. The van der Waals surface area contributed by atoms with Gasteiger partial charge in [0, 0.05) is 6.42 Å². The van der Waals surface area contributed by atoms with Crippen LogP contribution in [0.2, 0.25) is 0 Å². The third kappa shape index (κ3) is 4.09. The maximum atomic E-state index is 8.94. The molecular weight excluding hydrogens is 269 g/mol. The summed E-state index contributed by atoms with van der Waals surface area (Å²) in [5.74, 6) is -1.25. The van der Waals surface area contributed by atoms with Crippen molar-refractivity contribution in [3.63, 3.8) is 0 Å². The third-order valence-corrected chi connectivity index (χ3v) is 2.79. The maximum Gasteiger partial charge on any atom is 0.276 e. The van der Waals surface area contributed by atoms with Crippen LogP contribution in [0, 0.1) is 0 Å². The molecule has 4 nitrogen and oxygen atoms in total. The van der Waals surface area contributed by atoms with Gasteiger partial charge >= 0.3 is 0 Å². The Morgan fingerprint density at radius 2 is 1.71 bits per heavy atom. The summed E-state index contributed by atoms with van der Waals surface area (Å²) in [7, 11) is -4.20. The molecule has 0 saturated heterocycles. The van der Waals surface area contributed by atoms with Crippen LogP contribution in [-0.2, 0) is 9.05 Å². The summed E-state index contributed by atoms with van der Waals surface area (Å²) in [6.07, 6.45) is 7.07. The van der Waals surface area contributed by atoms with Crippen molar-refractivity contribution >= 4 is 37.9 Å². The Kier molecular flexibility index (Phi) is 5.26. The van der Waals surface area contributed by atoms with Gasteiger partial charge in [0.25, 0.3) is 15.5 Å². The minimum absolute atomic E-state index is 0.335. The highest BCUT2D eigenvalue weighted by atomic mass is 35.7. The van der Waals surface area contributed by atoms with Crippen molar-refractivity contribution in [2.45, 2.75) is 12.2 Å². The third-order valence-electron chi connectivity index (χ3n) is 1.46. The van der Waals surface area contributed by atoms with Crippen LogP contribution in [0.15, 0.2) is 24.3 Å². The fraction of sp³-hybridized carbons (Fsp3) is 0.333. The molecule has 80 valence electrons. The lowest BCUT2D eigenvalue weighted by molar-refractivity contribution is -0.0608. The zero-order valence-electron chi connectivity index (χ0n) is 6.88. The monoisotopic (exact) mass is 276 g/mol. The molecule has 0 saturated carbocycles. The normalized spacial score (nSPS) is 30.3. The van der Waals surface area contributed by atoms with Gasteiger partial charge < -0.3 is 9.79 Å². The lowest BCUT2D eigenvalue weighted by atomic mass is 10.1. The average Bonchev–Trinajstić information content (AvgIpc) is 2.01. The molecule has 1 rings (SSSR count). The fourth-order valence-corrected chi connectivity index (χ4v) is 2.60. The average molecular weight is 277 g/mol. The largest absolute Gasteiger partial charge is 0.338 e. The molecule has 0 bridgehead atoms. The molecule has 0 spiro atoms. The molecule has 14 heavy (non-hydrogen) atoms. The molecule has 0 aromatic heterocycles. The van der Waals surface area contributed by atoms with E-state index in [4.69, 9.17) is 41.3 Å². The Hall–Kier alpha value is 0.760. The minimum Gasteiger partial charge on any atom is -0.338 e. The Balaban J connectivity index is 2.69. The lowest BCUT2D eigenvalue weighted by Gasteiger charge is -2.30. The minimum atomic E-state index is -2.10. The van der Waals surface area contributed by atoms with Crippen LogP contribution in [0.25, 0.3) is 0 Å². The zero-order chi connectivity index (χ0) is 10.6. The van der Waals surface area contributed by atoms with E-state index in [2.05, 4.69) is 0 Å². The van der Waals surface area contributed by atoms with Crippen LogP contribution >= 0.6 is 37.9 Å². The highest BCUT2D eigenvalue weighted by Crippen LogP contribution is 2.51. The maximum absolute atomic E-state index is 8.94. The number of allylic oxidation sites excluding steroid dienone is 2. The van der Waals surface area contributed by atoms with Gasteiger partial charge in [0.2, 0.25) is 5.79 Å².